The number of nitrogens with zero attached hydrogens (tertiary/aromatic N) is 1. The van der Waals surface area contributed by atoms with Gasteiger partial charge in [-0.05, 0) is 42.5 Å². The summed E-state index contributed by atoms with van der Waals surface area (Å²) in [6.45, 7) is 0. The van der Waals surface area contributed by atoms with Crippen molar-refractivity contribution in [2.45, 2.75) is 0 Å². The number of rotatable bonds is 4. The van der Waals surface area contributed by atoms with E-state index in [4.69, 9.17) is 5.73 Å². The van der Waals surface area contributed by atoms with Gasteiger partial charge in [0.15, 0.2) is 0 Å². The van der Waals surface area contributed by atoms with E-state index in [-0.39, 0.29) is 0 Å². The average molecular weight is 285 g/mol. The van der Waals surface area contributed by atoms with Crippen LogP contribution in [0.1, 0.15) is 10.4 Å². The predicted octanol–water partition coefficient (Wildman–Crippen LogP) is 2.87. The van der Waals surface area contributed by atoms with Crippen LogP contribution in [0.5, 0.6) is 0 Å². The Morgan fingerprint density at radius 1 is 1.14 bits per heavy atom. The summed E-state index contributed by atoms with van der Waals surface area (Å²) in [5.41, 5.74) is 9.69. The number of nitrogens with one attached hydrogen (secondary N) is 1. The first-order valence-electron chi connectivity index (χ1n) is 6.53. The second kappa shape index (κ2) is 6.17. The zero-order chi connectivity index (χ0) is 15.4. The zero-order valence-electron chi connectivity index (χ0n) is 12.4. The molecular formula is C16H19N3O2. The van der Waals surface area contributed by atoms with Crippen LogP contribution in [0.3, 0.4) is 0 Å². The van der Waals surface area contributed by atoms with Crippen LogP contribution in [0.25, 0.3) is 0 Å². The summed E-state index contributed by atoms with van der Waals surface area (Å²) in [7, 11) is 5.33. The van der Waals surface area contributed by atoms with Gasteiger partial charge in [-0.25, -0.2) is 4.79 Å². The molecule has 0 saturated heterocycles. The van der Waals surface area contributed by atoms with E-state index in [9.17, 15) is 4.79 Å². The van der Waals surface area contributed by atoms with Gasteiger partial charge in [-0.1, -0.05) is 0 Å². The molecule has 0 radical (unpaired) electrons. The molecule has 5 nitrogen and oxygen atoms in total. The molecular weight excluding hydrogens is 266 g/mol. The zero-order valence-corrected chi connectivity index (χ0v) is 12.4. The monoisotopic (exact) mass is 285 g/mol. The summed E-state index contributed by atoms with van der Waals surface area (Å²) in [5.74, 6) is -0.399. The molecule has 2 aromatic rings. The van der Waals surface area contributed by atoms with Crippen LogP contribution >= 0.6 is 0 Å². The molecule has 5 heteroatoms. The Hall–Kier alpha value is -2.69. The first-order chi connectivity index (χ1) is 10.0. The minimum Gasteiger partial charge on any atom is -0.465 e. The summed E-state index contributed by atoms with van der Waals surface area (Å²) in [6, 6.07) is 13.0. The predicted molar refractivity (Wildman–Crippen MR) is 86.2 cm³/mol. The lowest BCUT2D eigenvalue weighted by Gasteiger charge is -2.14. The van der Waals surface area contributed by atoms with Crippen molar-refractivity contribution in [2.75, 3.05) is 37.2 Å². The molecule has 2 aromatic carbocycles. The smallest absolute Gasteiger partial charge is 0.337 e. The van der Waals surface area contributed by atoms with Gasteiger partial charge in [0, 0.05) is 25.5 Å². The first kappa shape index (κ1) is 14.7. The second-order valence-electron chi connectivity index (χ2n) is 4.86. The minimum absolute atomic E-state index is 0.399. The Morgan fingerprint density at radius 2 is 1.81 bits per heavy atom. The van der Waals surface area contributed by atoms with E-state index < -0.39 is 5.97 Å². The van der Waals surface area contributed by atoms with Gasteiger partial charge in [0.1, 0.15) is 0 Å². The highest BCUT2D eigenvalue weighted by Crippen LogP contribution is 2.25. The maximum absolute atomic E-state index is 11.4. The minimum atomic E-state index is -0.399. The number of carbonyl (C=O) groups excluding carboxylic acids is 1. The number of nitrogens with two attached hydrogens (primary N) is 1. The Bertz CT molecular complexity index is 636. The lowest BCUT2D eigenvalue weighted by molar-refractivity contribution is 0.0601. The van der Waals surface area contributed by atoms with Crippen LogP contribution in [-0.2, 0) is 4.74 Å². The van der Waals surface area contributed by atoms with E-state index in [1.165, 1.54) is 7.11 Å². The molecule has 0 aromatic heterocycles. The fraction of sp³-hybridized carbons (Fsp3) is 0.188. The van der Waals surface area contributed by atoms with Crippen LogP contribution in [-0.4, -0.2) is 27.2 Å². The van der Waals surface area contributed by atoms with Crippen molar-refractivity contribution >= 4 is 28.7 Å². The van der Waals surface area contributed by atoms with Gasteiger partial charge in [-0.15, -0.1) is 0 Å². The Balaban J connectivity index is 2.18. The van der Waals surface area contributed by atoms with E-state index in [0.29, 0.717) is 11.3 Å². The molecule has 2 rings (SSSR count). The van der Waals surface area contributed by atoms with Crippen molar-refractivity contribution in [3.8, 4) is 0 Å². The summed E-state index contributed by atoms with van der Waals surface area (Å²) in [6.07, 6.45) is 0. The van der Waals surface area contributed by atoms with E-state index in [1.54, 1.807) is 18.2 Å². The highest BCUT2D eigenvalue weighted by molar-refractivity contribution is 5.92. The average Bonchev–Trinajstić information content (AvgIpc) is 2.49. The molecule has 0 atom stereocenters. The third-order valence-corrected chi connectivity index (χ3v) is 3.14. The molecule has 0 bridgehead atoms. The second-order valence-corrected chi connectivity index (χ2v) is 4.86. The highest BCUT2D eigenvalue weighted by Gasteiger charge is 2.08. The number of methoxy groups -OCH3 is 1. The number of esters is 1. The van der Waals surface area contributed by atoms with Crippen molar-refractivity contribution in [3.05, 3.63) is 48.0 Å². The molecule has 110 valence electrons. The number of anilines is 4. The third kappa shape index (κ3) is 3.45. The van der Waals surface area contributed by atoms with Crippen LogP contribution in [0.4, 0.5) is 22.7 Å². The van der Waals surface area contributed by atoms with Gasteiger partial charge in [-0.3, -0.25) is 0 Å². The van der Waals surface area contributed by atoms with Crippen molar-refractivity contribution in [1.29, 1.82) is 0 Å². The quantitative estimate of drug-likeness (QED) is 0.668. The van der Waals surface area contributed by atoms with Gasteiger partial charge in [0.25, 0.3) is 0 Å². The van der Waals surface area contributed by atoms with Gasteiger partial charge < -0.3 is 20.7 Å². The van der Waals surface area contributed by atoms with Crippen LogP contribution in [0, 0.1) is 0 Å². The number of hydrogen-bond acceptors (Lipinski definition) is 5. The van der Waals surface area contributed by atoms with Gasteiger partial charge in [-0.2, -0.15) is 0 Å². The van der Waals surface area contributed by atoms with Crippen LogP contribution < -0.4 is 16.0 Å². The largest absolute Gasteiger partial charge is 0.465 e. The molecule has 21 heavy (non-hydrogen) atoms. The Labute approximate surface area is 124 Å². The summed E-state index contributed by atoms with van der Waals surface area (Å²) in [5, 5.41) is 3.23. The molecule has 0 saturated carbocycles. The van der Waals surface area contributed by atoms with Crippen molar-refractivity contribution in [3.63, 3.8) is 0 Å². The van der Waals surface area contributed by atoms with Gasteiger partial charge >= 0.3 is 5.97 Å². The molecule has 0 amide bonds. The summed E-state index contributed by atoms with van der Waals surface area (Å²) in [4.78, 5) is 13.5. The third-order valence-electron chi connectivity index (χ3n) is 3.14. The maximum atomic E-state index is 11.4. The van der Waals surface area contributed by atoms with E-state index in [1.807, 2.05) is 43.3 Å². The van der Waals surface area contributed by atoms with Crippen molar-refractivity contribution < 1.29 is 9.53 Å². The topological polar surface area (TPSA) is 67.6 Å². The van der Waals surface area contributed by atoms with E-state index in [2.05, 4.69) is 10.1 Å². The lowest BCUT2D eigenvalue weighted by atomic mass is 10.1. The molecule has 0 aliphatic heterocycles. The SMILES string of the molecule is COC(=O)c1ccc(Nc2ccc(N(C)C)cc2)c(N)c1. The lowest BCUT2D eigenvalue weighted by Crippen LogP contribution is -2.08. The number of benzene rings is 2. The number of carbonyl (C=O) groups is 1. The Kier molecular flexibility index (Phi) is 4.33. The molecule has 0 spiro atoms. The fourth-order valence-electron chi connectivity index (χ4n) is 1.92. The van der Waals surface area contributed by atoms with Crippen molar-refractivity contribution in [2.24, 2.45) is 0 Å². The number of ether oxygens (including phenoxy) is 1. The van der Waals surface area contributed by atoms with Crippen LogP contribution in [0.2, 0.25) is 0 Å². The van der Waals surface area contributed by atoms with Crippen molar-refractivity contribution in [1.82, 2.24) is 0 Å². The highest BCUT2D eigenvalue weighted by atomic mass is 16.5. The summed E-state index contributed by atoms with van der Waals surface area (Å²) >= 11 is 0. The van der Waals surface area contributed by atoms with Gasteiger partial charge in [0.05, 0.1) is 24.0 Å². The molecule has 0 aliphatic rings. The first-order valence-corrected chi connectivity index (χ1v) is 6.53. The molecule has 3 N–H and O–H groups in total. The number of hydrogen-bond donors (Lipinski definition) is 2. The molecule has 0 aliphatic carbocycles. The number of nitrogen functional groups attached to an aromatic ring is 1. The van der Waals surface area contributed by atoms with Crippen LogP contribution in [0.15, 0.2) is 42.5 Å². The molecule has 0 heterocycles. The van der Waals surface area contributed by atoms with Gasteiger partial charge in [0.2, 0.25) is 0 Å². The Morgan fingerprint density at radius 3 is 2.33 bits per heavy atom. The standard InChI is InChI=1S/C16H19N3O2/c1-19(2)13-7-5-12(6-8-13)18-15-9-4-11(10-14(15)17)16(20)21-3/h4-10,18H,17H2,1-3H3. The van der Waals surface area contributed by atoms with E-state index >= 15 is 0 Å². The maximum Gasteiger partial charge on any atom is 0.337 e. The molecule has 0 fully saturated rings. The van der Waals surface area contributed by atoms with E-state index in [0.717, 1.165) is 17.1 Å². The fourth-order valence-corrected chi connectivity index (χ4v) is 1.92. The normalized spacial score (nSPS) is 10.0. The molecule has 0 unspecified atom stereocenters. The summed E-state index contributed by atoms with van der Waals surface area (Å²) < 4.78 is 4.67.